The summed E-state index contributed by atoms with van der Waals surface area (Å²) in [6.07, 6.45) is 3.69. The van der Waals surface area contributed by atoms with Gasteiger partial charge in [0.25, 0.3) is 0 Å². The van der Waals surface area contributed by atoms with Gasteiger partial charge in [0, 0.05) is 18.2 Å². The molecule has 0 spiro atoms. The standard InChI is InChI=1S/C15H16Cl2N2OS/c1-3-4-8-19-14(21-10(2)18-19)9-13(20)11-6-5-7-12(16)15(11)17/h5-7,9H,3-4,8H2,1-2H3/b14-9-. The second kappa shape index (κ2) is 7.34. The molecule has 0 bridgehead atoms. The second-order valence-corrected chi connectivity index (χ2v) is 6.64. The lowest BCUT2D eigenvalue weighted by Gasteiger charge is -2.14. The molecule has 0 atom stereocenters. The Morgan fingerprint density at radius 2 is 2.19 bits per heavy atom. The Balaban J connectivity index is 2.22. The monoisotopic (exact) mass is 342 g/mol. The van der Waals surface area contributed by atoms with E-state index < -0.39 is 0 Å². The highest BCUT2D eigenvalue weighted by atomic mass is 35.5. The zero-order valence-electron chi connectivity index (χ0n) is 11.9. The van der Waals surface area contributed by atoms with Crippen molar-refractivity contribution < 1.29 is 4.79 Å². The van der Waals surface area contributed by atoms with Gasteiger partial charge >= 0.3 is 0 Å². The van der Waals surface area contributed by atoms with E-state index in [1.165, 1.54) is 11.8 Å². The number of unbranched alkanes of at least 4 members (excludes halogenated alkanes) is 1. The number of halogens is 2. The van der Waals surface area contributed by atoms with Crippen molar-refractivity contribution in [3.05, 3.63) is 44.9 Å². The summed E-state index contributed by atoms with van der Waals surface area (Å²) in [5, 5.41) is 8.75. The van der Waals surface area contributed by atoms with Gasteiger partial charge < -0.3 is 0 Å². The van der Waals surface area contributed by atoms with Crippen LogP contribution in [-0.4, -0.2) is 22.4 Å². The number of hydrogen-bond donors (Lipinski definition) is 0. The summed E-state index contributed by atoms with van der Waals surface area (Å²) in [4.78, 5) is 12.4. The van der Waals surface area contributed by atoms with Crippen molar-refractivity contribution in [1.29, 1.82) is 0 Å². The molecule has 2 rings (SSSR count). The Labute approximate surface area is 139 Å². The van der Waals surface area contributed by atoms with Crippen LogP contribution < -0.4 is 0 Å². The quantitative estimate of drug-likeness (QED) is 0.544. The van der Waals surface area contributed by atoms with Crippen molar-refractivity contribution in [3.8, 4) is 0 Å². The van der Waals surface area contributed by atoms with Gasteiger partial charge in [-0.1, -0.05) is 54.4 Å². The van der Waals surface area contributed by atoms with Crippen LogP contribution in [0.2, 0.25) is 10.0 Å². The van der Waals surface area contributed by atoms with Crippen LogP contribution in [0.25, 0.3) is 0 Å². The lowest BCUT2D eigenvalue weighted by atomic mass is 10.1. The minimum Gasteiger partial charge on any atom is -0.289 e. The Morgan fingerprint density at radius 1 is 1.43 bits per heavy atom. The van der Waals surface area contributed by atoms with E-state index in [4.69, 9.17) is 23.2 Å². The van der Waals surface area contributed by atoms with Crippen LogP contribution in [0.1, 0.15) is 37.0 Å². The molecule has 0 fully saturated rings. The summed E-state index contributed by atoms with van der Waals surface area (Å²) in [7, 11) is 0. The van der Waals surface area contributed by atoms with Crippen LogP contribution >= 0.6 is 35.0 Å². The van der Waals surface area contributed by atoms with Gasteiger partial charge in [0.1, 0.15) is 5.03 Å². The van der Waals surface area contributed by atoms with Gasteiger partial charge in [-0.2, -0.15) is 5.10 Å². The maximum atomic E-state index is 12.4. The van der Waals surface area contributed by atoms with Gasteiger partial charge in [-0.25, -0.2) is 0 Å². The smallest absolute Gasteiger partial charge is 0.190 e. The fourth-order valence-corrected chi connectivity index (χ4v) is 3.14. The maximum absolute atomic E-state index is 12.4. The SMILES string of the molecule is CCCCN1N=C(C)S/C1=C\C(=O)c1cccc(Cl)c1Cl. The highest BCUT2D eigenvalue weighted by Crippen LogP contribution is 2.32. The summed E-state index contributed by atoms with van der Waals surface area (Å²) in [6, 6.07) is 5.06. The van der Waals surface area contributed by atoms with Crippen molar-refractivity contribution in [2.75, 3.05) is 6.54 Å². The number of thioether (sulfide) groups is 1. The number of hydrogen-bond acceptors (Lipinski definition) is 4. The van der Waals surface area contributed by atoms with E-state index in [1.54, 1.807) is 24.3 Å². The average Bonchev–Trinajstić information content (AvgIpc) is 2.79. The van der Waals surface area contributed by atoms with Crippen molar-refractivity contribution in [1.82, 2.24) is 5.01 Å². The first-order valence-corrected chi connectivity index (χ1v) is 8.30. The predicted molar refractivity (Wildman–Crippen MR) is 91.2 cm³/mol. The first-order chi connectivity index (χ1) is 10.0. The fourth-order valence-electron chi connectivity index (χ4n) is 1.90. The number of nitrogens with zero attached hydrogens (tertiary/aromatic N) is 2. The van der Waals surface area contributed by atoms with Crippen LogP contribution in [0, 0.1) is 0 Å². The summed E-state index contributed by atoms with van der Waals surface area (Å²) < 4.78 is 0. The van der Waals surface area contributed by atoms with E-state index in [2.05, 4.69) is 12.0 Å². The zero-order chi connectivity index (χ0) is 15.4. The summed E-state index contributed by atoms with van der Waals surface area (Å²) >= 11 is 13.5. The molecule has 0 saturated carbocycles. The van der Waals surface area contributed by atoms with E-state index in [9.17, 15) is 4.79 Å². The molecule has 0 N–H and O–H groups in total. The van der Waals surface area contributed by atoms with Crippen molar-refractivity contribution in [3.63, 3.8) is 0 Å². The summed E-state index contributed by atoms with van der Waals surface area (Å²) in [6.45, 7) is 4.87. The zero-order valence-corrected chi connectivity index (χ0v) is 14.2. The minimum atomic E-state index is -0.156. The number of benzene rings is 1. The number of allylic oxidation sites excluding steroid dienone is 1. The number of carbonyl (C=O) groups excluding carboxylic acids is 1. The lowest BCUT2D eigenvalue weighted by molar-refractivity contribution is 0.104. The van der Waals surface area contributed by atoms with Gasteiger partial charge in [-0.3, -0.25) is 9.80 Å². The molecule has 6 heteroatoms. The van der Waals surface area contributed by atoms with Gasteiger partial charge in [0.2, 0.25) is 0 Å². The molecule has 0 aliphatic carbocycles. The van der Waals surface area contributed by atoms with E-state index in [0.29, 0.717) is 15.6 Å². The number of ketones is 1. The van der Waals surface area contributed by atoms with Crippen molar-refractivity contribution in [2.45, 2.75) is 26.7 Å². The van der Waals surface area contributed by atoms with Crippen LogP contribution in [0.4, 0.5) is 0 Å². The second-order valence-electron chi connectivity index (χ2n) is 4.65. The third-order valence-electron chi connectivity index (χ3n) is 2.96. The molecule has 0 radical (unpaired) electrons. The summed E-state index contributed by atoms with van der Waals surface area (Å²) in [5.74, 6) is -0.156. The first-order valence-electron chi connectivity index (χ1n) is 6.73. The van der Waals surface area contributed by atoms with Gasteiger partial charge in [0.15, 0.2) is 5.78 Å². The van der Waals surface area contributed by atoms with E-state index >= 15 is 0 Å². The van der Waals surface area contributed by atoms with Gasteiger partial charge in [0.05, 0.1) is 15.1 Å². The molecule has 1 aliphatic heterocycles. The highest BCUT2D eigenvalue weighted by Gasteiger charge is 2.20. The Hall–Kier alpha value is -0.970. The molecule has 0 amide bonds. The number of rotatable bonds is 5. The number of hydrazone groups is 1. The lowest BCUT2D eigenvalue weighted by Crippen LogP contribution is -2.14. The first kappa shape index (κ1) is 16.4. The van der Waals surface area contributed by atoms with Crippen molar-refractivity contribution in [2.24, 2.45) is 5.10 Å². The maximum Gasteiger partial charge on any atom is 0.190 e. The third-order valence-corrected chi connectivity index (χ3v) is 4.70. The molecular weight excluding hydrogens is 327 g/mol. The molecule has 112 valence electrons. The largest absolute Gasteiger partial charge is 0.289 e. The van der Waals surface area contributed by atoms with Crippen LogP contribution in [-0.2, 0) is 0 Å². The fraction of sp³-hybridized carbons (Fsp3) is 0.333. The Bertz CT molecular complexity index is 614. The average molecular weight is 343 g/mol. The molecule has 0 saturated heterocycles. The molecule has 1 heterocycles. The molecule has 1 aliphatic rings. The number of carbonyl (C=O) groups is 1. The molecule has 0 aromatic heterocycles. The summed E-state index contributed by atoms with van der Waals surface area (Å²) in [5.41, 5.74) is 0.414. The van der Waals surface area contributed by atoms with Crippen LogP contribution in [0.5, 0.6) is 0 Å². The van der Waals surface area contributed by atoms with Crippen molar-refractivity contribution >= 4 is 45.8 Å². The van der Waals surface area contributed by atoms with Gasteiger partial charge in [-0.15, -0.1) is 0 Å². The van der Waals surface area contributed by atoms with E-state index in [1.807, 2.05) is 11.9 Å². The van der Waals surface area contributed by atoms with E-state index in [-0.39, 0.29) is 5.78 Å². The van der Waals surface area contributed by atoms with Gasteiger partial charge in [-0.05, 0) is 25.5 Å². The molecule has 21 heavy (non-hydrogen) atoms. The highest BCUT2D eigenvalue weighted by molar-refractivity contribution is 8.17. The normalized spacial score (nSPS) is 16.5. The predicted octanol–water partition coefficient (Wildman–Crippen LogP) is 5.20. The minimum absolute atomic E-state index is 0.156. The topological polar surface area (TPSA) is 32.7 Å². The van der Waals surface area contributed by atoms with Crippen LogP contribution in [0.15, 0.2) is 34.4 Å². The molecule has 1 aromatic rings. The molecule has 3 nitrogen and oxygen atoms in total. The Morgan fingerprint density at radius 3 is 2.90 bits per heavy atom. The third kappa shape index (κ3) is 4.02. The molecular formula is C15H16Cl2N2OS. The molecule has 1 aromatic carbocycles. The Kier molecular flexibility index (Phi) is 5.73. The molecule has 0 unspecified atom stereocenters. The van der Waals surface area contributed by atoms with E-state index in [0.717, 1.165) is 29.5 Å². The van der Waals surface area contributed by atoms with Crippen LogP contribution in [0.3, 0.4) is 0 Å².